The molecule has 0 saturated heterocycles. The van der Waals surface area contributed by atoms with Crippen molar-refractivity contribution in [2.45, 2.75) is 45.2 Å². The molecule has 4 heteroatoms. The average molecular weight is 206 g/mol. The molecule has 1 fully saturated rings. The van der Waals surface area contributed by atoms with Gasteiger partial charge in [-0.3, -0.25) is 0 Å². The van der Waals surface area contributed by atoms with Gasteiger partial charge in [0, 0.05) is 0 Å². The van der Waals surface area contributed by atoms with Crippen molar-refractivity contribution in [3.63, 3.8) is 0 Å². The first kappa shape index (κ1) is 11.6. The summed E-state index contributed by atoms with van der Waals surface area (Å²) in [6.07, 6.45) is 5.84. The highest BCUT2D eigenvalue weighted by atomic mass is 16.1. The number of allylic oxidation sites excluding steroid dienone is 2. The number of isocyanates is 2. The van der Waals surface area contributed by atoms with E-state index in [9.17, 15) is 9.59 Å². The molecule has 0 amide bonds. The minimum Gasteiger partial charge on any atom is -0.211 e. The van der Waals surface area contributed by atoms with Crippen LogP contribution in [0.5, 0.6) is 0 Å². The van der Waals surface area contributed by atoms with Gasteiger partial charge in [-0.25, -0.2) is 9.59 Å². The smallest absolute Gasteiger partial charge is 0.211 e. The molecule has 0 N–H and O–H groups in total. The van der Waals surface area contributed by atoms with E-state index >= 15 is 0 Å². The van der Waals surface area contributed by atoms with Crippen LogP contribution in [0.2, 0.25) is 0 Å². The SMILES string of the molecule is CC(C)=C1CCC(N=C=O)(N=C=O)CC1. The van der Waals surface area contributed by atoms with Crippen LogP contribution in [0.3, 0.4) is 0 Å². The zero-order chi connectivity index (χ0) is 11.3. The summed E-state index contributed by atoms with van der Waals surface area (Å²) in [6, 6.07) is 0. The van der Waals surface area contributed by atoms with Gasteiger partial charge >= 0.3 is 0 Å². The summed E-state index contributed by atoms with van der Waals surface area (Å²) in [5, 5.41) is 0. The molecule has 0 unspecified atom stereocenters. The van der Waals surface area contributed by atoms with Crippen LogP contribution in [-0.2, 0) is 9.59 Å². The number of carbonyl (C=O) groups excluding carboxylic acids is 2. The second kappa shape index (κ2) is 4.83. The Balaban J connectivity index is 2.87. The fraction of sp³-hybridized carbons (Fsp3) is 0.636. The summed E-state index contributed by atoms with van der Waals surface area (Å²) < 4.78 is 0. The molecule has 0 heterocycles. The lowest BCUT2D eigenvalue weighted by molar-refractivity contribution is 0.346. The Morgan fingerprint density at radius 3 is 1.93 bits per heavy atom. The molecule has 1 saturated carbocycles. The van der Waals surface area contributed by atoms with Crippen molar-refractivity contribution in [3.05, 3.63) is 11.1 Å². The maximum atomic E-state index is 10.3. The molecule has 0 aromatic carbocycles. The van der Waals surface area contributed by atoms with E-state index in [1.54, 1.807) is 0 Å². The molecule has 15 heavy (non-hydrogen) atoms. The zero-order valence-electron chi connectivity index (χ0n) is 9.04. The van der Waals surface area contributed by atoms with E-state index in [1.807, 2.05) is 0 Å². The van der Waals surface area contributed by atoms with E-state index in [2.05, 4.69) is 23.8 Å². The predicted octanol–water partition coefficient (Wildman–Crippen LogP) is 2.26. The van der Waals surface area contributed by atoms with E-state index in [-0.39, 0.29) is 0 Å². The van der Waals surface area contributed by atoms with Gasteiger partial charge in [-0.05, 0) is 39.5 Å². The Hall–Kier alpha value is -1.50. The number of hydrogen-bond acceptors (Lipinski definition) is 4. The summed E-state index contributed by atoms with van der Waals surface area (Å²) in [7, 11) is 0. The fourth-order valence-corrected chi connectivity index (χ4v) is 1.87. The van der Waals surface area contributed by atoms with Crippen molar-refractivity contribution in [1.29, 1.82) is 0 Å². The van der Waals surface area contributed by atoms with E-state index in [0.717, 1.165) is 12.8 Å². The molecule has 0 aromatic heterocycles. The highest BCUT2D eigenvalue weighted by Crippen LogP contribution is 2.36. The highest BCUT2D eigenvalue weighted by Gasteiger charge is 2.33. The van der Waals surface area contributed by atoms with Crippen LogP contribution < -0.4 is 0 Å². The van der Waals surface area contributed by atoms with Crippen LogP contribution in [0.4, 0.5) is 0 Å². The number of rotatable bonds is 2. The maximum Gasteiger partial charge on any atom is 0.237 e. The third-order valence-electron chi connectivity index (χ3n) is 2.87. The lowest BCUT2D eigenvalue weighted by Gasteiger charge is -2.28. The Morgan fingerprint density at radius 2 is 1.60 bits per heavy atom. The quantitative estimate of drug-likeness (QED) is 0.395. The molecule has 0 radical (unpaired) electrons. The van der Waals surface area contributed by atoms with Gasteiger partial charge in [-0.15, -0.1) is 0 Å². The summed E-state index contributed by atoms with van der Waals surface area (Å²) in [5.74, 6) is 0. The second-order valence-corrected chi connectivity index (χ2v) is 3.99. The van der Waals surface area contributed by atoms with Crippen LogP contribution in [-0.4, -0.2) is 17.8 Å². The maximum absolute atomic E-state index is 10.3. The Bertz CT molecular complexity index is 338. The third-order valence-corrected chi connectivity index (χ3v) is 2.87. The zero-order valence-corrected chi connectivity index (χ0v) is 9.04. The van der Waals surface area contributed by atoms with Crippen LogP contribution >= 0.6 is 0 Å². The van der Waals surface area contributed by atoms with Crippen molar-refractivity contribution >= 4 is 12.2 Å². The summed E-state index contributed by atoms with van der Waals surface area (Å²) in [6.45, 7) is 4.13. The van der Waals surface area contributed by atoms with Crippen molar-refractivity contribution < 1.29 is 9.59 Å². The van der Waals surface area contributed by atoms with Gasteiger partial charge in [0.1, 0.15) is 0 Å². The summed E-state index contributed by atoms with van der Waals surface area (Å²) in [4.78, 5) is 27.8. The molecular weight excluding hydrogens is 192 g/mol. The Morgan fingerprint density at radius 1 is 1.13 bits per heavy atom. The molecular formula is C11H14N2O2. The Kier molecular flexibility index (Phi) is 3.73. The number of nitrogens with zero attached hydrogens (tertiary/aromatic N) is 2. The lowest BCUT2D eigenvalue weighted by Crippen LogP contribution is -2.27. The molecule has 1 rings (SSSR count). The van der Waals surface area contributed by atoms with Crippen molar-refractivity contribution in [3.8, 4) is 0 Å². The summed E-state index contributed by atoms with van der Waals surface area (Å²) in [5.41, 5.74) is 1.78. The molecule has 0 atom stereocenters. The van der Waals surface area contributed by atoms with Crippen LogP contribution in [0.1, 0.15) is 39.5 Å². The predicted molar refractivity (Wildman–Crippen MR) is 55.8 cm³/mol. The monoisotopic (exact) mass is 206 g/mol. The van der Waals surface area contributed by atoms with E-state index in [4.69, 9.17) is 0 Å². The molecule has 0 aliphatic heterocycles. The molecule has 1 aliphatic rings. The van der Waals surface area contributed by atoms with Gasteiger partial charge in [-0.1, -0.05) is 11.1 Å². The Labute approximate surface area is 88.8 Å². The average Bonchev–Trinajstić information content (AvgIpc) is 2.19. The molecule has 0 bridgehead atoms. The first-order chi connectivity index (χ1) is 7.13. The number of aliphatic imine (C=N–C) groups is 2. The van der Waals surface area contributed by atoms with Gasteiger partial charge < -0.3 is 0 Å². The topological polar surface area (TPSA) is 58.9 Å². The first-order valence-corrected chi connectivity index (χ1v) is 4.97. The van der Waals surface area contributed by atoms with Crippen molar-refractivity contribution in [2.75, 3.05) is 0 Å². The van der Waals surface area contributed by atoms with E-state index in [0.29, 0.717) is 12.8 Å². The highest BCUT2D eigenvalue weighted by molar-refractivity contribution is 5.39. The molecule has 1 aliphatic carbocycles. The van der Waals surface area contributed by atoms with Crippen molar-refractivity contribution in [2.24, 2.45) is 9.98 Å². The standard InChI is InChI=1S/C11H14N2O2/c1-9(2)10-3-5-11(6-4-10,12-7-14)13-8-15/h3-6H2,1-2H3. The van der Waals surface area contributed by atoms with Gasteiger partial charge in [0.15, 0.2) is 5.66 Å². The van der Waals surface area contributed by atoms with E-state index in [1.165, 1.54) is 23.3 Å². The van der Waals surface area contributed by atoms with Crippen LogP contribution in [0.15, 0.2) is 21.1 Å². The molecule has 4 nitrogen and oxygen atoms in total. The minimum atomic E-state index is -0.886. The van der Waals surface area contributed by atoms with E-state index < -0.39 is 5.66 Å². The molecule has 80 valence electrons. The number of hydrogen-bond donors (Lipinski definition) is 0. The molecule has 0 aromatic rings. The van der Waals surface area contributed by atoms with Gasteiger partial charge in [0.25, 0.3) is 0 Å². The van der Waals surface area contributed by atoms with Crippen LogP contribution in [0, 0.1) is 0 Å². The van der Waals surface area contributed by atoms with Crippen LogP contribution in [0.25, 0.3) is 0 Å². The second-order valence-electron chi connectivity index (χ2n) is 3.99. The summed E-state index contributed by atoms with van der Waals surface area (Å²) >= 11 is 0. The molecule has 0 spiro atoms. The third kappa shape index (κ3) is 2.72. The van der Waals surface area contributed by atoms with Crippen molar-refractivity contribution in [1.82, 2.24) is 0 Å². The van der Waals surface area contributed by atoms with Gasteiger partial charge in [0.05, 0.1) is 0 Å². The lowest BCUT2D eigenvalue weighted by atomic mass is 9.84. The fourth-order valence-electron chi connectivity index (χ4n) is 1.87. The minimum absolute atomic E-state index is 0.595. The normalized spacial score (nSPS) is 25.1. The van der Waals surface area contributed by atoms with Gasteiger partial charge in [0.2, 0.25) is 12.2 Å². The first-order valence-electron chi connectivity index (χ1n) is 4.97. The largest absolute Gasteiger partial charge is 0.237 e. The van der Waals surface area contributed by atoms with Gasteiger partial charge in [-0.2, -0.15) is 9.98 Å².